The molecule has 2 rings (SSSR count). The molecule has 0 saturated heterocycles. The summed E-state index contributed by atoms with van der Waals surface area (Å²) in [5.74, 6) is 0. The molecule has 0 unspecified atom stereocenters. The van der Waals surface area contributed by atoms with Crippen molar-refractivity contribution >= 4 is 11.4 Å². The van der Waals surface area contributed by atoms with E-state index in [0.29, 0.717) is 0 Å². The molecule has 1 heteroatoms. The highest BCUT2D eigenvalue weighted by atomic mass is 15.1. The van der Waals surface area contributed by atoms with Crippen LogP contribution in [0.4, 0.5) is 11.4 Å². The number of hydrogen-bond donors (Lipinski definition) is 0. The normalized spacial score (nSPS) is 11.4. The highest BCUT2D eigenvalue weighted by Gasteiger charge is 2.14. The van der Waals surface area contributed by atoms with Gasteiger partial charge in [-0.25, -0.2) is 0 Å². The summed E-state index contributed by atoms with van der Waals surface area (Å²) < 4.78 is 0. The van der Waals surface area contributed by atoms with Crippen LogP contribution < -0.4 is 4.90 Å². The van der Waals surface area contributed by atoms with Crippen LogP contribution in [-0.4, -0.2) is 6.54 Å². The Hall–Kier alpha value is -1.76. The predicted molar refractivity (Wildman–Crippen MR) is 93.5 cm³/mol. The molecule has 21 heavy (non-hydrogen) atoms. The lowest BCUT2D eigenvalue weighted by Crippen LogP contribution is -2.18. The van der Waals surface area contributed by atoms with Gasteiger partial charge in [0.2, 0.25) is 0 Å². The van der Waals surface area contributed by atoms with E-state index in [-0.39, 0.29) is 5.41 Å². The number of anilines is 2. The third-order valence-electron chi connectivity index (χ3n) is 3.85. The summed E-state index contributed by atoms with van der Waals surface area (Å²) in [7, 11) is 0. The number of unbranched alkanes of at least 4 members (excludes halogenated alkanes) is 1. The summed E-state index contributed by atoms with van der Waals surface area (Å²) in [6.07, 6.45) is 2.42. The maximum Gasteiger partial charge on any atom is 0.0410 e. The molecule has 0 aliphatic carbocycles. The van der Waals surface area contributed by atoms with Crippen LogP contribution in [0.25, 0.3) is 0 Å². The largest absolute Gasteiger partial charge is 0.341 e. The van der Waals surface area contributed by atoms with Crippen LogP contribution in [0, 0.1) is 0 Å². The van der Waals surface area contributed by atoms with Gasteiger partial charge in [-0.2, -0.15) is 0 Å². The zero-order valence-electron chi connectivity index (χ0n) is 13.8. The van der Waals surface area contributed by atoms with Gasteiger partial charge in [-0.05, 0) is 41.7 Å². The van der Waals surface area contributed by atoms with Gasteiger partial charge in [0.1, 0.15) is 0 Å². The molecule has 0 N–H and O–H groups in total. The Labute approximate surface area is 129 Å². The standard InChI is InChI=1S/C20H27N/c1-5-6-16-21(18-10-8-7-9-11-18)19-14-12-17(13-15-19)20(2,3)4/h7-15H,5-6,16H2,1-4H3. The molecule has 0 fully saturated rings. The Morgan fingerprint density at radius 3 is 1.90 bits per heavy atom. The van der Waals surface area contributed by atoms with Gasteiger partial charge < -0.3 is 4.90 Å². The van der Waals surface area contributed by atoms with Crippen LogP contribution in [0.3, 0.4) is 0 Å². The SMILES string of the molecule is CCCCN(c1ccccc1)c1ccc(C(C)(C)C)cc1. The lowest BCUT2D eigenvalue weighted by molar-refractivity contribution is 0.590. The second-order valence-electron chi connectivity index (χ2n) is 6.64. The highest BCUT2D eigenvalue weighted by Crippen LogP contribution is 2.29. The second-order valence-corrected chi connectivity index (χ2v) is 6.64. The number of para-hydroxylation sites is 1. The Kier molecular flexibility index (Phi) is 5.06. The molecule has 0 heterocycles. The van der Waals surface area contributed by atoms with Crippen molar-refractivity contribution in [3.8, 4) is 0 Å². The van der Waals surface area contributed by atoms with E-state index in [4.69, 9.17) is 0 Å². The van der Waals surface area contributed by atoms with Crippen molar-refractivity contribution in [2.24, 2.45) is 0 Å². The van der Waals surface area contributed by atoms with Gasteiger partial charge >= 0.3 is 0 Å². The summed E-state index contributed by atoms with van der Waals surface area (Å²) in [5, 5.41) is 0. The summed E-state index contributed by atoms with van der Waals surface area (Å²) in [6.45, 7) is 10.1. The Bertz CT molecular complexity index is 534. The molecular formula is C20H27N. The lowest BCUT2D eigenvalue weighted by Gasteiger charge is -2.26. The van der Waals surface area contributed by atoms with Crippen molar-refractivity contribution in [3.05, 3.63) is 60.2 Å². The molecule has 0 amide bonds. The fraction of sp³-hybridized carbons (Fsp3) is 0.400. The number of hydrogen-bond acceptors (Lipinski definition) is 1. The Balaban J connectivity index is 2.29. The second kappa shape index (κ2) is 6.80. The van der Waals surface area contributed by atoms with Gasteiger partial charge in [-0.3, -0.25) is 0 Å². The van der Waals surface area contributed by atoms with Crippen LogP contribution >= 0.6 is 0 Å². The molecule has 0 radical (unpaired) electrons. The molecule has 0 aliphatic heterocycles. The monoisotopic (exact) mass is 281 g/mol. The van der Waals surface area contributed by atoms with E-state index >= 15 is 0 Å². The average molecular weight is 281 g/mol. The highest BCUT2D eigenvalue weighted by molar-refractivity contribution is 5.63. The van der Waals surface area contributed by atoms with E-state index in [1.54, 1.807) is 0 Å². The van der Waals surface area contributed by atoms with E-state index in [9.17, 15) is 0 Å². The summed E-state index contributed by atoms with van der Waals surface area (Å²) in [6, 6.07) is 19.7. The quantitative estimate of drug-likeness (QED) is 0.657. The molecule has 0 spiro atoms. The van der Waals surface area contributed by atoms with Gasteiger partial charge in [-0.15, -0.1) is 0 Å². The van der Waals surface area contributed by atoms with Crippen LogP contribution in [0.2, 0.25) is 0 Å². The third-order valence-corrected chi connectivity index (χ3v) is 3.85. The minimum Gasteiger partial charge on any atom is -0.341 e. The van der Waals surface area contributed by atoms with Crippen molar-refractivity contribution in [2.75, 3.05) is 11.4 Å². The summed E-state index contributed by atoms with van der Waals surface area (Å²) in [5.41, 5.74) is 4.14. The Morgan fingerprint density at radius 2 is 1.38 bits per heavy atom. The van der Waals surface area contributed by atoms with Crippen molar-refractivity contribution in [1.82, 2.24) is 0 Å². The first kappa shape index (κ1) is 15.6. The molecule has 0 aliphatic rings. The van der Waals surface area contributed by atoms with E-state index in [0.717, 1.165) is 6.54 Å². The average Bonchev–Trinajstić information content (AvgIpc) is 2.48. The number of nitrogens with zero attached hydrogens (tertiary/aromatic N) is 1. The van der Waals surface area contributed by atoms with Crippen LogP contribution in [0.15, 0.2) is 54.6 Å². The van der Waals surface area contributed by atoms with Crippen LogP contribution in [0.1, 0.15) is 46.1 Å². The van der Waals surface area contributed by atoms with E-state index in [2.05, 4.69) is 87.2 Å². The van der Waals surface area contributed by atoms with Crippen LogP contribution in [0.5, 0.6) is 0 Å². The van der Waals surface area contributed by atoms with Crippen LogP contribution in [-0.2, 0) is 5.41 Å². The lowest BCUT2D eigenvalue weighted by atomic mass is 9.87. The minimum atomic E-state index is 0.208. The fourth-order valence-corrected chi connectivity index (χ4v) is 2.47. The van der Waals surface area contributed by atoms with Crippen molar-refractivity contribution in [3.63, 3.8) is 0 Å². The first-order chi connectivity index (χ1) is 10.0. The molecule has 0 atom stereocenters. The van der Waals surface area contributed by atoms with Gasteiger partial charge in [0.25, 0.3) is 0 Å². The van der Waals surface area contributed by atoms with Gasteiger partial charge in [-0.1, -0.05) is 64.4 Å². The van der Waals surface area contributed by atoms with Crippen molar-refractivity contribution in [2.45, 2.75) is 46.0 Å². The third kappa shape index (κ3) is 4.10. The van der Waals surface area contributed by atoms with Crippen molar-refractivity contribution in [1.29, 1.82) is 0 Å². The molecule has 1 nitrogen and oxygen atoms in total. The molecule has 0 bridgehead atoms. The van der Waals surface area contributed by atoms with E-state index in [1.807, 2.05) is 0 Å². The molecule has 2 aromatic rings. The number of rotatable bonds is 5. The molecule has 112 valence electrons. The topological polar surface area (TPSA) is 3.24 Å². The smallest absolute Gasteiger partial charge is 0.0410 e. The first-order valence-electron chi connectivity index (χ1n) is 7.95. The molecule has 0 saturated carbocycles. The molecular weight excluding hydrogens is 254 g/mol. The zero-order valence-corrected chi connectivity index (χ0v) is 13.8. The van der Waals surface area contributed by atoms with Gasteiger partial charge in [0.05, 0.1) is 0 Å². The van der Waals surface area contributed by atoms with Crippen molar-refractivity contribution < 1.29 is 0 Å². The maximum absolute atomic E-state index is 2.41. The zero-order chi connectivity index (χ0) is 15.3. The first-order valence-corrected chi connectivity index (χ1v) is 7.95. The van der Waals surface area contributed by atoms with Gasteiger partial charge in [0, 0.05) is 17.9 Å². The molecule has 2 aromatic carbocycles. The molecule has 0 aromatic heterocycles. The Morgan fingerprint density at radius 1 is 0.810 bits per heavy atom. The van der Waals surface area contributed by atoms with Gasteiger partial charge in [0.15, 0.2) is 0 Å². The maximum atomic E-state index is 2.41. The predicted octanol–water partition coefficient (Wildman–Crippen LogP) is 5.92. The minimum absolute atomic E-state index is 0.208. The van der Waals surface area contributed by atoms with E-state index < -0.39 is 0 Å². The summed E-state index contributed by atoms with van der Waals surface area (Å²) in [4.78, 5) is 2.41. The van der Waals surface area contributed by atoms with E-state index in [1.165, 1.54) is 29.8 Å². The number of benzene rings is 2. The fourth-order valence-electron chi connectivity index (χ4n) is 2.47. The summed E-state index contributed by atoms with van der Waals surface area (Å²) >= 11 is 0.